The molecule has 0 aliphatic heterocycles. The normalized spacial score (nSPS) is 11.7. The predicted octanol–water partition coefficient (Wildman–Crippen LogP) is 3.28. The lowest BCUT2D eigenvalue weighted by Crippen LogP contribution is -2.46. The van der Waals surface area contributed by atoms with Crippen molar-refractivity contribution in [1.29, 1.82) is 0 Å². The Morgan fingerprint density at radius 1 is 1.43 bits per heavy atom. The van der Waals surface area contributed by atoms with Crippen LogP contribution in [-0.2, 0) is 4.79 Å². The number of amides is 1. The number of carbonyl (C=O) groups is 1. The summed E-state index contributed by atoms with van der Waals surface area (Å²) in [6.45, 7) is 8.14. The van der Waals surface area contributed by atoms with Gasteiger partial charge in [-0.15, -0.1) is 0 Å². The molecular weight excluding hydrogens is 284 g/mol. The standard InChI is InChI=1S/C15H26N4OS/c1-5-7-15(8-6-2,13(16)21)14(20)18-12-9-17-19(10-12)11(3)4/h9-11H,5-8H2,1-4H3,(H2,16,21)(H,18,20). The maximum atomic E-state index is 12.7. The Hall–Kier alpha value is -1.43. The highest BCUT2D eigenvalue weighted by Crippen LogP contribution is 2.32. The Balaban J connectivity index is 2.96. The molecule has 0 aromatic carbocycles. The number of nitrogens with one attached hydrogen (secondary N) is 1. The van der Waals surface area contributed by atoms with E-state index in [0.29, 0.717) is 18.5 Å². The highest BCUT2D eigenvalue weighted by atomic mass is 32.1. The molecule has 3 N–H and O–H groups in total. The van der Waals surface area contributed by atoms with E-state index in [0.717, 1.165) is 12.8 Å². The molecular formula is C15H26N4OS. The van der Waals surface area contributed by atoms with Gasteiger partial charge in [0.05, 0.1) is 22.3 Å². The minimum atomic E-state index is -0.765. The summed E-state index contributed by atoms with van der Waals surface area (Å²) >= 11 is 5.20. The molecule has 1 amide bonds. The minimum absolute atomic E-state index is 0.123. The molecule has 0 unspecified atom stereocenters. The van der Waals surface area contributed by atoms with Gasteiger partial charge in [-0.05, 0) is 26.7 Å². The van der Waals surface area contributed by atoms with Crippen LogP contribution in [0.2, 0.25) is 0 Å². The van der Waals surface area contributed by atoms with Gasteiger partial charge in [0.15, 0.2) is 0 Å². The number of nitrogens with two attached hydrogens (primary N) is 1. The number of rotatable bonds is 8. The molecule has 0 saturated heterocycles. The van der Waals surface area contributed by atoms with E-state index in [-0.39, 0.29) is 16.9 Å². The van der Waals surface area contributed by atoms with Gasteiger partial charge in [-0.1, -0.05) is 38.9 Å². The summed E-state index contributed by atoms with van der Waals surface area (Å²) in [5.74, 6) is -0.123. The van der Waals surface area contributed by atoms with Gasteiger partial charge < -0.3 is 11.1 Å². The average Bonchev–Trinajstić information content (AvgIpc) is 2.86. The van der Waals surface area contributed by atoms with Crippen molar-refractivity contribution >= 4 is 28.8 Å². The van der Waals surface area contributed by atoms with E-state index in [4.69, 9.17) is 18.0 Å². The topological polar surface area (TPSA) is 72.9 Å². The van der Waals surface area contributed by atoms with Gasteiger partial charge >= 0.3 is 0 Å². The molecule has 0 radical (unpaired) electrons. The first-order valence-electron chi connectivity index (χ1n) is 7.52. The van der Waals surface area contributed by atoms with E-state index >= 15 is 0 Å². The van der Waals surface area contributed by atoms with Gasteiger partial charge in [-0.2, -0.15) is 5.10 Å². The number of carbonyl (C=O) groups excluding carboxylic acids is 1. The van der Waals surface area contributed by atoms with Crippen molar-refractivity contribution in [2.24, 2.45) is 11.1 Å². The molecule has 21 heavy (non-hydrogen) atoms. The van der Waals surface area contributed by atoms with Gasteiger partial charge in [0.1, 0.15) is 0 Å². The van der Waals surface area contributed by atoms with Crippen molar-refractivity contribution in [3.05, 3.63) is 12.4 Å². The number of hydrogen-bond donors (Lipinski definition) is 2. The van der Waals surface area contributed by atoms with E-state index in [1.54, 1.807) is 10.9 Å². The van der Waals surface area contributed by atoms with Crippen LogP contribution < -0.4 is 11.1 Å². The number of aromatic nitrogens is 2. The molecule has 0 saturated carbocycles. The van der Waals surface area contributed by atoms with Gasteiger partial charge in [-0.25, -0.2) is 0 Å². The molecule has 0 aliphatic carbocycles. The summed E-state index contributed by atoms with van der Waals surface area (Å²) in [4.78, 5) is 13.0. The van der Waals surface area contributed by atoms with Crippen LogP contribution in [0, 0.1) is 5.41 Å². The van der Waals surface area contributed by atoms with Crippen LogP contribution in [0.15, 0.2) is 12.4 Å². The first-order chi connectivity index (χ1) is 9.87. The summed E-state index contributed by atoms with van der Waals surface area (Å²) in [6.07, 6.45) is 6.53. The quantitative estimate of drug-likeness (QED) is 0.723. The second-order valence-corrected chi connectivity index (χ2v) is 6.14. The molecule has 0 atom stereocenters. The van der Waals surface area contributed by atoms with Crippen LogP contribution in [0.1, 0.15) is 59.4 Å². The predicted molar refractivity (Wildman–Crippen MR) is 90.3 cm³/mol. The fourth-order valence-corrected chi connectivity index (χ4v) is 2.80. The average molecular weight is 310 g/mol. The highest BCUT2D eigenvalue weighted by Gasteiger charge is 2.39. The monoisotopic (exact) mass is 310 g/mol. The molecule has 1 aromatic rings. The third-order valence-electron chi connectivity index (χ3n) is 3.65. The van der Waals surface area contributed by atoms with E-state index in [2.05, 4.69) is 10.4 Å². The van der Waals surface area contributed by atoms with E-state index in [1.807, 2.05) is 33.9 Å². The van der Waals surface area contributed by atoms with Gasteiger partial charge in [0, 0.05) is 12.2 Å². The fourth-order valence-electron chi connectivity index (χ4n) is 2.50. The lowest BCUT2D eigenvalue weighted by Gasteiger charge is -2.30. The van der Waals surface area contributed by atoms with Crippen molar-refractivity contribution in [1.82, 2.24) is 9.78 Å². The van der Waals surface area contributed by atoms with Crippen LogP contribution in [-0.4, -0.2) is 20.7 Å². The number of anilines is 1. The third-order valence-corrected chi connectivity index (χ3v) is 4.04. The fraction of sp³-hybridized carbons (Fsp3) is 0.667. The summed E-state index contributed by atoms with van der Waals surface area (Å²) in [7, 11) is 0. The molecule has 0 fully saturated rings. The van der Waals surface area contributed by atoms with Crippen LogP contribution >= 0.6 is 12.2 Å². The smallest absolute Gasteiger partial charge is 0.237 e. The summed E-state index contributed by atoms with van der Waals surface area (Å²) in [5, 5.41) is 7.14. The van der Waals surface area contributed by atoms with Crippen LogP contribution in [0.3, 0.4) is 0 Å². The number of hydrogen-bond acceptors (Lipinski definition) is 3. The van der Waals surface area contributed by atoms with Gasteiger partial charge in [0.25, 0.3) is 0 Å². The first-order valence-corrected chi connectivity index (χ1v) is 7.93. The summed E-state index contributed by atoms with van der Waals surface area (Å²) < 4.78 is 1.80. The zero-order chi connectivity index (χ0) is 16.0. The second-order valence-electron chi connectivity index (χ2n) is 5.70. The van der Waals surface area contributed by atoms with Gasteiger partial charge in [-0.3, -0.25) is 9.48 Å². The Kier molecular flexibility index (Phi) is 6.33. The van der Waals surface area contributed by atoms with Crippen molar-refractivity contribution in [3.8, 4) is 0 Å². The molecule has 1 aromatic heterocycles. The summed E-state index contributed by atoms with van der Waals surface area (Å²) in [5.41, 5.74) is 5.82. The highest BCUT2D eigenvalue weighted by molar-refractivity contribution is 7.80. The third kappa shape index (κ3) is 4.03. The van der Waals surface area contributed by atoms with E-state index < -0.39 is 5.41 Å². The minimum Gasteiger partial charge on any atom is -0.392 e. The maximum absolute atomic E-state index is 12.7. The van der Waals surface area contributed by atoms with Crippen molar-refractivity contribution in [3.63, 3.8) is 0 Å². The largest absolute Gasteiger partial charge is 0.392 e. The van der Waals surface area contributed by atoms with Crippen LogP contribution in [0.25, 0.3) is 0 Å². The van der Waals surface area contributed by atoms with E-state index in [9.17, 15) is 4.79 Å². The molecule has 5 nitrogen and oxygen atoms in total. The lowest BCUT2D eigenvalue weighted by molar-refractivity contribution is -0.122. The SMILES string of the molecule is CCCC(CCC)(C(=O)Nc1cnn(C(C)C)c1)C(N)=S. The van der Waals surface area contributed by atoms with Crippen molar-refractivity contribution < 1.29 is 4.79 Å². The molecule has 1 heterocycles. The van der Waals surface area contributed by atoms with Crippen LogP contribution in [0.5, 0.6) is 0 Å². The Morgan fingerprint density at radius 3 is 2.38 bits per heavy atom. The number of thiocarbonyl (C=S) groups is 1. The molecule has 0 spiro atoms. The first kappa shape index (κ1) is 17.6. The van der Waals surface area contributed by atoms with Crippen molar-refractivity contribution in [2.75, 3.05) is 5.32 Å². The number of nitrogens with zero attached hydrogens (tertiary/aromatic N) is 2. The van der Waals surface area contributed by atoms with Crippen LogP contribution in [0.4, 0.5) is 5.69 Å². The summed E-state index contributed by atoms with van der Waals surface area (Å²) in [6, 6.07) is 0.252. The van der Waals surface area contributed by atoms with E-state index in [1.165, 1.54) is 0 Å². The Bertz CT molecular complexity index is 490. The molecule has 118 valence electrons. The molecule has 6 heteroatoms. The Morgan fingerprint density at radius 2 is 2.00 bits per heavy atom. The second kappa shape index (κ2) is 7.54. The maximum Gasteiger partial charge on any atom is 0.237 e. The zero-order valence-electron chi connectivity index (χ0n) is 13.3. The lowest BCUT2D eigenvalue weighted by atomic mass is 9.78. The molecule has 0 bridgehead atoms. The van der Waals surface area contributed by atoms with Gasteiger partial charge in [0.2, 0.25) is 5.91 Å². The zero-order valence-corrected chi connectivity index (χ0v) is 14.2. The molecule has 1 rings (SSSR count). The Labute approximate surface area is 132 Å². The van der Waals surface area contributed by atoms with Crippen molar-refractivity contribution in [2.45, 2.75) is 59.4 Å². The molecule has 0 aliphatic rings.